The van der Waals surface area contributed by atoms with Crippen molar-refractivity contribution in [3.05, 3.63) is 59.7 Å². The van der Waals surface area contributed by atoms with Crippen molar-refractivity contribution in [1.29, 1.82) is 0 Å². The maximum absolute atomic E-state index is 10.9. The van der Waals surface area contributed by atoms with Gasteiger partial charge in [0, 0.05) is 11.1 Å². The molecular formula is C15H12O4S. The van der Waals surface area contributed by atoms with E-state index in [1.165, 1.54) is 0 Å². The van der Waals surface area contributed by atoms with Gasteiger partial charge in [-0.2, -0.15) is 0 Å². The van der Waals surface area contributed by atoms with E-state index in [1.54, 1.807) is 24.1 Å². The van der Waals surface area contributed by atoms with E-state index in [0.29, 0.717) is 5.58 Å². The number of fused-ring (bicyclic) bond motifs is 1. The summed E-state index contributed by atoms with van der Waals surface area (Å²) in [7, 11) is 0. The van der Waals surface area contributed by atoms with E-state index in [4.69, 9.17) is 13.9 Å². The summed E-state index contributed by atoms with van der Waals surface area (Å²) in [6.45, 7) is 0. The topological polar surface area (TPSA) is 63.6 Å². The van der Waals surface area contributed by atoms with Crippen LogP contribution in [0, 0.1) is 0 Å². The number of carbonyl (C=O) groups is 1. The van der Waals surface area contributed by atoms with Crippen LogP contribution in [0.25, 0.3) is 11.0 Å². The summed E-state index contributed by atoms with van der Waals surface area (Å²) >= 11 is 1.75. The van der Waals surface area contributed by atoms with E-state index in [1.807, 2.05) is 30.3 Å². The van der Waals surface area contributed by atoms with Crippen molar-refractivity contribution in [2.45, 2.75) is 11.5 Å². The Bertz CT molecular complexity index is 728. The first-order valence-corrected chi connectivity index (χ1v) is 7.24. The Hall–Kier alpha value is -2.14. The molecule has 0 radical (unpaired) electrons. The molecule has 0 saturated carbocycles. The van der Waals surface area contributed by atoms with Crippen molar-refractivity contribution in [2.24, 2.45) is 0 Å². The highest BCUT2D eigenvalue weighted by Crippen LogP contribution is 2.24. The standard InChI is InChI=1S/C15H12O4S/c16-15(17)14-7-11-6-10(3-4-13(11)19-14)8-20-9-12-2-1-5-18-12/h1-7H,8-9H2,(H,16,17). The van der Waals surface area contributed by atoms with Crippen molar-refractivity contribution in [2.75, 3.05) is 0 Å². The van der Waals surface area contributed by atoms with Crippen LogP contribution in [-0.4, -0.2) is 11.1 Å². The first kappa shape index (κ1) is 12.9. The SMILES string of the molecule is O=C(O)c1cc2cc(CSCc3ccco3)ccc2o1. The summed E-state index contributed by atoms with van der Waals surface area (Å²) in [6.07, 6.45) is 1.67. The Balaban J connectivity index is 1.70. The van der Waals surface area contributed by atoms with Crippen molar-refractivity contribution >= 4 is 28.7 Å². The molecule has 5 heteroatoms. The first-order chi connectivity index (χ1) is 9.72. The maximum Gasteiger partial charge on any atom is 0.371 e. The molecule has 0 amide bonds. The molecule has 3 rings (SSSR count). The van der Waals surface area contributed by atoms with Crippen molar-refractivity contribution in [1.82, 2.24) is 0 Å². The minimum absolute atomic E-state index is 0.0274. The molecule has 4 nitrogen and oxygen atoms in total. The van der Waals surface area contributed by atoms with E-state index in [-0.39, 0.29) is 5.76 Å². The van der Waals surface area contributed by atoms with Crippen molar-refractivity contribution in [3.63, 3.8) is 0 Å². The lowest BCUT2D eigenvalue weighted by atomic mass is 10.2. The number of hydrogen-bond acceptors (Lipinski definition) is 4. The Labute approximate surface area is 119 Å². The predicted molar refractivity (Wildman–Crippen MR) is 76.9 cm³/mol. The van der Waals surface area contributed by atoms with Crippen LogP contribution >= 0.6 is 11.8 Å². The van der Waals surface area contributed by atoms with Gasteiger partial charge in [-0.25, -0.2) is 4.79 Å². The number of hydrogen-bond donors (Lipinski definition) is 1. The summed E-state index contributed by atoms with van der Waals surface area (Å²) < 4.78 is 10.5. The lowest BCUT2D eigenvalue weighted by molar-refractivity contribution is 0.0665. The molecule has 0 atom stereocenters. The maximum atomic E-state index is 10.9. The largest absolute Gasteiger partial charge is 0.475 e. The van der Waals surface area contributed by atoms with Crippen LogP contribution in [-0.2, 0) is 11.5 Å². The molecule has 20 heavy (non-hydrogen) atoms. The molecule has 0 aliphatic rings. The third-order valence-electron chi connectivity index (χ3n) is 2.88. The molecule has 0 aliphatic carbocycles. The molecular weight excluding hydrogens is 276 g/mol. The average Bonchev–Trinajstić information content (AvgIpc) is 3.06. The first-order valence-electron chi connectivity index (χ1n) is 6.08. The van der Waals surface area contributed by atoms with Crippen LogP contribution in [0.4, 0.5) is 0 Å². The second-order valence-electron chi connectivity index (χ2n) is 4.36. The van der Waals surface area contributed by atoms with Gasteiger partial charge in [0.05, 0.1) is 12.0 Å². The molecule has 0 unspecified atom stereocenters. The van der Waals surface area contributed by atoms with Gasteiger partial charge in [0.25, 0.3) is 0 Å². The van der Waals surface area contributed by atoms with E-state index >= 15 is 0 Å². The van der Waals surface area contributed by atoms with Crippen LogP contribution in [0.3, 0.4) is 0 Å². The highest BCUT2D eigenvalue weighted by Gasteiger charge is 2.10. The number of rotatable bonds is 5. The summed E-state index contributed by atoms with van der Waals surface area (Å²) in [5.74, 6) is 1.53. The molecule has 1 N–H and O–H groups in total. The van der Waals surface area contributed by atoms with Gasteiger partial charge in [0.1, 0.15) is 11.3 Å². The molecule has 0 spiro atoms. The summed E-state index contributed by atoms with van der Waals surface area (Å²) in [5, 5.41) is 9.71. The zero-order valence-electron chi connectivity index (χ0n) is 10.5. The third-order valence-corrected chi connectivity index (χ3v) is 3.91. The molecule has 0 bridgehead atoms. The Kier molecular flexibility index (Phi) is 3.52. The van der Waals surface area contributed by atoms with Crippen LogP contribution < -0.4 is 0 Å². The van der Waals surface area contributed by atoms with Crippen molar-refractivity contribution < 1.29 is 18.7 Å². The summed E-state index contributed by atoms with van der Waals surface area (Å²) in [4.78, 5) is 10.9. The smallest absolute Gasteiger partial charge is 0.371 e. The normalized spacial score (nSPS) is 11.0. The highest BCUT2D eigenvalue weighted by molar-refractivity contribution is 7.97. The van der Waals surface area contributed by atoms with E-state index < -0.39 is 5.97 Å². The number of aromatic carboxylic acids is 1. The second-order valence-corrected chi connectivity index (χ2v) is 5.35. The minimum Gasteiger partial charge on any atom is -0.475 e. The Morgan fingerprint density at radius 3 is 2.85 bits per heavy atom. The van der Waals surface area contributed by atoms with E-state index in [9.17, 15) is 4.79 Å². The van der Waals surface area contributed by atoms with Crippen molar-refractivity contribution in [3.8, 4) is 0 Å². The molecule has 102 valence electrons. The molecule has 2 aromatic heterocycles. The third kappa shape index (κ3) is 2.72. The average molecular weight is 288 g/mol. The second kappa shape index (κ2) is 5.46. The zero-order chi connectivity index (χ0) is 13.9. The van der Waals surface area contributed by atoms with Gasteiger partial charge in [0.15, 0.2) is 0 Å². The van der Waals surface area contributed by atoms with Gasteiger partial charge in [-0.3, -0.25) is 0 Å². The minimum atomic E-state index is -1.05. The zero-order valence-corrected chi connectivity index (χ0v) is 11.4. The van der Waals surface area contributed by atoms with Crippen LogP contribution in [0.5, 0.6) is 0 Å². The van der Waals surface area contributed by atoms with Gasteiger partial charge in [-0.05, 0) is 35.9 Å². The number of carboxylic acids is 1. The molecule has 3 aromatic rings. The van der Waals surface area contributed by atoms with Crippen LogP contribution in [0.1, 0.15) is 21.9 Å². The molecule has 0 aliphatic heterocycles. The fraction of sp³-hybridized carbons (Fsp3) is 0.133. The monoisotopic (exact) mass is 288 g/mol. The number of furan rings is 2. The molecule has 2 heterocycles. The fourth-order valence-electron chi connectivity index (χ4n) is 1.95. The lowest BCUT2D eigenvalue weighted by Gasteiger charge is -2.00. The van der Waals surface area contributed by atoms with E-state index in [0.717, 1.165) is 28.2 Å². The van der Waals surface area contributed by atoms with Crippen LogP contribution in [0.15, 0.2) is 51.5 Å². The fourth-order valence-corrected chi connectivity index (χ4v) is 2.83. The number of carboxylic acid groups (broad SMARTS) is 1. The molecule has 0 fully saturated rings. The Morgan fingerprint density at radius 2 is 2.10 bits per heavy atom. The van der Waals surface area contributed by atoms with E-state index in [2.05, 4.69) is 0 Å². The Morgan fingerprint density at radius 1 is 1.20 bits per heavy atom. The van der Waals surface area contributed by atoms with Gasteiger partial charge in [-0.15, -0.1) is 11.8 Å². The van der Waals surface area contributed by atoms with Gasteiger partial charge >= 0.3 is 5.97 Å². The molecule has 1 aromatic carbocycles. The summed E-state index contributed by atoms with van der Waals surface area (Å²) in [6, 6.07) is 11.1. The number of benzene rings is 1. The van der Waals surface area contributed by atoms with Gasteiger partial charge < -0.3 is 13.9 Å². The van der Waals surface area contributed by atoms with Gasteiger partial charge in [0.2, 0.25) is 5.76 Å². The summed E-state index contributed by atoms with van der Waals surface area (Å²) in [5.41, 5.74) is 1.73. The molecule has 0 saturated heterocycles. The number of thioether (sulfide) groups is 1. The highest BCUT2D eigenvalue weighted by atomic mass is 32.2. The predicted octanol–water partition coefficient (Wildman–Crippen LogP) is 4.16. The van der Waals surface area contributed by atoms with Gasteiger partial charge in [-0.1, -0.05) is 6.07 Å². The quantitative estimate of drug-likeness (QED) is 0.763. The van der Waals surface area contributed by atoms with Crippen LogP contribution in [0.2, 0.25) is 0 Å². The lowest BCUT2D eigenvalue weighted by Crippen LogP contribution is -1.91.